The number of anilines is 2. The van der Waals surface area contributed by atoms with Gasteiger partial charge in [0, 0.05) is 36.2 Å². The molecule has 3 aliphatic carbocycles. The predicted molar refractivity (Wildman–Crippen MR) is 182 cm³/mol. The Kier molecular flexibility index (Phi) is 9.84. The molecule has 12 nitrogen and oxygen atoms in total. The summed E-state index contributed by atoms with van der Waals surface area (Å²) in [5.41, 5.74) is 1.18. The number of fused-ring (bicyclic) bond motifs is 3. The molecular weight excluding hydrogens is 612 g/mol. The number of nitrogens with one attached hydrogen (secondary N) is 3. The zero-order valence-corrected chi connectivity index (χ0v) is 28.9. The van der Waals surface area contributed by atoms with Crippen molar-refractivity contribution >= 4 is 41.1 Å². The average Bonchev–Trinajstić information content (AvgIpc) is 3.04. The molecule has 2 heterocycles. The van der Waals surface area contributed by atoms with Gasteiger partial charge >= 0.3 is 12.2 Å². The maximum absolute atomic E-state index is 13.5. The lowest BCUT2D eigenvalue weighted by Gasteiger charge is -2.51. The van der Waals surface area contributed by atoms with E-state index in [-0.39, 0.29) is 17.9 Å². The van der Waals surface area contributed by atoms with E-state index in [1.165, 1.54) is 0 Å². The van der Waals surface area contributed by atoms with Crippen LogP contribution < -0.4 is 16.0 Å². The molecule has 6 rings (SSSR count). The van der Waals surface area contributed by atoms with E-state index in [0.717, 1.165) is 11.1 Å². The minimum absolute atomic E-state index is 0.0106. The molecule has 12 heteroatoms. The van der Waals surface area contributed by atoms with Crippen LogP contribution in [0.4, 0.5) is 21.1 Å². The lowest BCUT2D eigenvalue weighted by atomic mass is 9.53. The Hall–Kier alpha value is -4.48. The molecule has 3 saturated carbocycles. The second-order valence-corrected chi connectivity index (χ2v) is 15.2. The summed E-state index contributed by atoms with van der Waals surface area (Å²) in [5.74, 6) is 0.317. The van der Waals surface area contributed by atoms with Crippen LogP contribution in [0.2, 0.25) is 0 Å². The van der Waals surface area contributed by atoms with E-state index in [9.17, 15) is 19.2 Å². The Morgan fingerprint density at radius 3 is 1.88 bits per heavy atom. The van der Waals surface area contributed by atoms with Crippen molar-refractivity contribution in [2.75, 3.05) is 23.7 Å². The Morgan fingerprint density at radius 2 is 1.38 bits per heavy atom. The Bertz CT molecular complexity index is 1530. The molecule has 1 aromatic heterocycles. The second-order valence-electron chi connectivity index (χ2n) is 15.2. The van der Waals surface area contributed by atoms with Crippen LogP contribution in [0.1, 0.15) is 97.7 Å². The molecule has 0 atom stereocenters. The monoisotopic (exact) mass is 660 g/mol. The number of nitrogens with zero attached hydrogens (tertiary/aromatic N) is 3. The van der Waals surface area contributed by atoms with E-state index in [2.05, 4.69) is 25.9 Å². The third kappa shape index (κ3) is 8.51. The summed E-state index contributed by atoms with van der Waals surface area (Å²) in [6, 6.07) is 7.40. The number of hydrogen-bond donors (Lipinski definition) is 3. The van der Waals surface area contributed by atoms with Gasteiger partial charge in [-0.2, -0.15) is 0 Å². The highest BCUT2D eigenvalue weighted by Crippen LogP contribution is 2.57. The molecule has 2 bridgehead atoms. The zero-order chi connectivity index (χ0) is 34.7. The molecule has 0 radical (unpaired) electrons. The number of benzene rings is 1. The molecule has 2 aromatic rings. The number of amides is 4. The maximum Gasteiger partial charge on any atom is 0.410 e. The van der Waals surface area contributed by atoms with Gasteiger partial charge in [0.05, 0.1) is 18.1 Å². The van der Waals surface area contributed by atoms with Crippen LogP contribution in [0.15, 0.2) is 42.7 Å². The van der Waals surface area contributed by atoms with Crippen LogP contribution in [0.5, 0.6) is 0 Å². The summed E-state index contributed by atoms with van der Waals surface area (Å²) in [6.45, 7) is 12.3. The van der Waals surface area contributed by atoms with Gasteiger partial charge in [0.25, 0.3) is 0 Å². The standard InChI is InChI=1S/C36H48N6O6/c1-33(2,3)47-31(45)39-21-24-7-9-26(10-8-24)40-29(43)35-13-16-36(17-14-35,18-15-35)30(44)41-28-23-37-27(22-38-28)25-11-19-42(20-12-25)32(46)48-34(4,5)6/h7-11,22-23H,12-21H2,1-6H3,(H,39,45)(H,40,43)(H,38,41,44). The van der Waals surface area contributed by atoms with Crippen molar-refractivity contribution in [1.29, 1.82) is 0 Å². The minimum Gasteiger partial charge on any atom is -0.444 e. The first-order chi connectivity index (χ1) is 22.5. The highest BCUT2D eigenvalue weighted by Gasteiger charge is 2.55. The van der Waals surface area contributed by atoms with Gasteiger partial charge in [-0.25, -0.2) is 14.6 Å². The largest absolute Gasteiger partial charge is 0.444 e. The van der Waals surface area contributed by atoms with Crippen LogP contribution in [-0.2, 0) is 25.6 Å². The third-order valence-electron chi connectivity index (χ3n) is 9.34. The molecule has 3 fully saturated rings. The van der Waals surface area contributed by atoms with Crippen molar-refractivity contribution in [3.8, 4) is 0 Å². The topological polar surface area (TPSA) is 152 Å². The van der Waals surface area contributed by atoms with Crippen molar-refractivity contribution in [2.24, 2.45) is 10.8 Å². The normalized spacial score (nSPS) is 22.3. The molecular formula is C36H48N6O6. The highest BCUT2D eigenvalue weighted by molar-refractivity contribution is 5.98. The van der Waals surface area contributed by atoms with Crippen molar-refractivity contribution in [1.82, 2.24) is 20.2 Å². The summed E-state index contributed by atoms with van der Waals surface area (Å²) in [5, 5.41) is 8.80. The molecule has 0 saturated heterocycles. The van der Waals surface area contributed by atoms with E-state index >= 15 is 0 Å². The molecule has 0 unspecified atom stereocenters. The van der Waals surface area contributed by atoms with Gasteiger partial charge in [-0.1, -0.05) is 18.2 Å². The van der Waals surface area contributed by atoms with Gasteiger partial charge in [0.2, 0.25) is 11.8 Å². The van der Waals surface area contributed by atoms with E-state index in [4.69, 9.17) is 9.47 Å². The van der Waals surface area contributed by atoms with Crippen LogP contribution in [0.3, 0.4) is 0 Å². The summed E-state index contributed by atoms with van der Waals surface area (Å²) in [4.78, 5) is 62.0. The van der Waals surface area contributed by atoms with Gasteiger partial charge in [-0.3, -0.25) is 14.6 Å². The predicted octanol–water partition coefficient (Wildman–Crippen LogP) is 6.44. The van der Waals surface area contributed by atoms with Gasteiger partial charge in [0.1, 0.15) is 11.2 Å². The lowest BCUT2D eigenvalue weighted by molar-refractivity contribution is -0.144. The number of ether oxygens (including phenoxy) is 2. The fourth-order valence-electron chi connectivity index (χ4n) is 6.53. The fourth-order valence-corrected chi connectivity index (χ4v) is 6.53. The molecule has 1 aromatic carbocycles. The van der Waals surface area contributed by atoms with Gasteiger partial charge < -0.3 is 30.3 Å². The van der Waals surface area contributed by atoms with Crippen LogP contribution >= 0.6 is 0 Å². The summed E-state index contributed by atoms with van der Waals surface area (Å²) < 4.78 is 10.7. The molecule has 4 aliphatic rings. The number of aromatic nitrogens is 2. The van der Waals surface area contributed by atoms with Crippen LogP contribution in [-0.4, -0.2) is 63.2 Å². The molecule has 3 N–H and O–H groups in total. The summed E-state index contributed by atoms with van der Waals surface area (Å²) >= 11 is 0. The molecule has 258 valence electrons. The number of carbonyl (C=O) groups excluding carboxylic acids is 4. The van der Waals surface area contributed by atoms with Crippen molar-refractivity contribution < 1.29 is 28.7 Å². The first kappa shape index (κ1) is 34.8. The average molecular weight is 661 g/mol. The van der Waals surface area contributed by atoms with E-state index in [1.807, 2.05) is 71.9 Å². The van der Waals surface area contributed by atoms with Crippen molar-refractivity contribution in [2.45, 2.75) is 104 Å². The second kappa shape index (κ2) is 13.6. The van der Waals surface area contributed by atoms with E-state index in [0.29, 0.717) is 81.8 Å². The van der Waals surface area contributed by atoms with Gasteiger partial charge in [-0.05, 0) is 110 Å². The lowest BCUT2D eigenvalue weighted by Crippen LogP contribution is -2.52. The number of alkyl carbamates (subject to hydrolysis) is 1. The highest BCUT2D eigenvalue weighted by atomic mass is 16.6. The maximum atomic E-state index is 13.5. The quantitative estimate of drug-likeness (QED) is 0.307. The van der Waals surface area contributed by atoms with Crippen molar-refractivity contribution in [3.05, 3.63) is 54.0 Å². The summed E-state index contributed by atoms with van der Waals surface area (Å²) in [7, 11) is 0. The third-order valence-corrected chi connectivity index (χ3v) is 9.34. The Morgan fingerprint density at radius 1 is 0.792 bits per heavy atom. The fraction of sp³-hybridized carbons (Fsp3) is 0.556. The Labute approximate surface area is 282 Å². The first-order valence-electron chi connectivity index (χ1n) is 16.7. The molecule has 48 heavy (non-hydrogen) atoms. The molecule has 1 aliphatic heterocycles. The number of hydrogen-bond acceptors (Lipinski definition) is 8. The van der Waals surface area contributed by atoms with E-state index in [1.54, 1.807) is 17.3 Å². The van der Waals surface area contributed by atoms with Crippen LogP contribution in [0.25, 0.3) is 5.57 Å². The minimum atomic E-state index is -0.564. The number of rotatable bonds is 7. The van der Waals surface area contributed by atoms with E-state index < -0.39 is 28.1 Å². The Balaban J connectivity index is 1.09. The smallest absolute Gasteiger partial charge is 0.410 e. The molecule has 0 spiro atoms. The molecule has 4 amide bonds. The first-order valence-corrected chi connectivity index (χ1v) is 16.7. The van der Waals surface area contributed by atoms with Crippen molar-refractivity contribution in [3.63, 3.8) is 0 Å². The zero-order valence-electron chi connectivity index (χ0n) is 28.9. The van der Waals surface area contributed by atoms with Gasteiger partial charge in [-0.15, -0.1) is 0 Å². The SMILES string of the molecule is CC(C)(C)OC(=O)NCc1ccc(NC(=O)C23CCC(C(=O)Nc4cnc(C5=CCN(C(=O)OC(C)(C)C)CC5)cn4)(CC2)CC3)cc1. The summed E-state index contributed by atoms with van der Waals surface area (Å²) in [6.07, 6.45) is 8.84. The number of carbonyl (C=O) groups is 4. The van der Waals surface area contributed by atoms with Gasteiger partial charge in [0.15, 0.2) is 5.82 Å². The van der Waals surface area contributed by atoms with Crippen LogP contribution in [0, 0.1) is 10.8 Å².